The molecule has 0 aliphatic rings. The first kappa shape index (κ1) is 33.3. The Morgan fingerprint density at radius 1 is 0.905 bits per heavy atom. The van der Waals surface area contributed by atoms with Crippen LogP contribution in [0.2, 0.25) is 0 Å². The molecule has 42 heavy (non-hydrogen) atoms. The molecule has 4 N–H and O–H groups in total. The monoisotopic (exact) mass is 617 g/mol. The third kappa shape index (κ3) is 9.69. The maximum atomic E-state index is 12.1. The Morgan fingerprint density at radius 3 is 2.05 bits per heavy atom. The number of nitrogens with zero attached hydrogens (tertiary/aromatic N) is 2. The van der Waals surface area contributed by atoms with E-state index in [0.717, 1.165) is 36.6 Å². The number of benzene rings is 3. The number of unbranched alkanes of at least 4 members (excludes halogenated alkanes) is 9. The lowest BCUT2D eigenvalue weighted by Crippen LogP contribution is -2.08. The van der Waals surface area contributed by atoms with Gasteiger partial charge in [-0.1, -0.05) is 76.8 Å². The molecule has 0 spiro atoms. The number of nitrogens with one attached hydrogen (secondary N) is 1. The number of carbonyl (C=O) groups excluding carboxylic acids is 1. The molecule has 1 amide bonds. The molecule has 3 aromatic carbocycles. The van der Waals surface area contributed by atoms with Crippen LogP contribution in [-0.4, -0.2) is 32.7 Å². The van der Waals surface area contributed by atoms with E-state index in [1.165, 1.54) is 64.7 Å². The summed E-state index contributed by atoms with van der Waals surface area (Å²) >= 11 is -2.64. The Bertz CT molecular complexity index is 1540. The van der Waals surface area contributed by atoms with Gasteiger partial charge >= 0.3 is 0 Å². The Labute approximate surface area is 249 Å². The lowest BCUT2D eigenvalue weighted by Gasteiger charge is -2.14. The quantitative estimate of drug-likeness (QED) is 0.0544. The average molecular weight is 618 g/mol. The third-order valence-electron chi connectivity index (χ3n) is 6.94. The van der Waals surface area contributed by atoms with Crippen LogP contribution in [0.1, 0.15) is 83.6 Å². The number of phenolic OH excluding ortho intramolecular Hbond substituents is 1. The second-order valence-electron chi connectivity index (χ2n) is 10.3. The van der Waals surface area contributed by atoms with Crippen molar-refractivity contribution in [2.45, 2.75) is 94.3 Å². The first-order valence-corrected chi connectivity index (χ1v) is 16.8. The van der Waals surface area contributed by atoms with Crippen LogP contribution in [0.5, 0.6) is 5.75 Å². The van der Waals surface area contributed by atoms with Crippen LogP contribution in [-0.2, 0) is 32.4 Å². The molecule has 3 aromatic rings. The van der Waals surface area contributed by atoms with Crippen molar-refractivity contribution < 1.29 is 31.6 Å². The van der Waals surface area contributed by atoms with E-state index >= 15 is 0 Å². The van der Waals surface area contributed by atoms with Crippen LogP contribution in [0, 0.1) is 0 Å². The van der Waals surface area contributed by atoms with Gasteiger partial charge in [0.25, 0.3) is 10.1 Å². The molecule has 0 aliphatic carbocycles. The van der Waals surface area contributed by atoms with E-state index in [1.807, 2.05) is 12.1 Å². The second kappa shape index (κ2) is 15.9. The van der Waals surface area contributed by atoms with Crippen molar-refractivity contribution in [3.63, 3.8) is 0 Å². The van der Waals surface area contributed by atoms with Gasteiger partial charge in [-0.3, -0.25) is 9.35 Å². The molecule has 1 unspecified atom stereocenters. The molecule has 10 nitrogen and oxygen atoms in total. The first-order chi connectivity index (χ1) is 20.0. The Kier molecular flexibility index (Phi) is 12.6. The predicted octanol–water partition coefficient (Wildman–Crippen LogP) is 8.21. The molecule has 0 saturated heterocycles. The van der Waals surface area contributed by atoms with Crippen molar-refractivity contribution in [1.82, 2.24) is 0 Å². The maximum absolute atomic E-state index is 12.1. The summed E-state index contributed by atoms with van der Waals surface area (Å²) in [6.07, 6.45) is 13.7. The van der Waals surface area contributed by atoms with E-state index in [-0.39, 0.29) is 27.0 Å². The Balaban J connectivity index is 1.74. The molecular weight excluding hydrogens is 578 g/mol. The summed E-state index contributed by atoms with van der Waals surface area (Å²) < 4.78 is 55.0. The highest BCUT2D eigenvalue weighted by Gasteiger charge is 2.22. The van der Waals surface area contributed by atoms with Crippen LogP contribution >= 0.6 is 0 Å². The van der Waals surface area contributed by atoms with Crippen LogP contribution < -0.4 is 5.32 Å². The third-order valence-corrected chi connectivity index (χ3v) is 8.46. The van der Waals surface area contributed by atoms with Gasteiger partial charge in [0.05, 0.1) is 21.2 Å². The minimum absolute atomic E-state index is 0.0148. The van der Waals surface area contributed by atoms with Crippen LogP contribution in [0.25, 0.3) is 10.8 Å². The molecule has 0 heterocycles. The molecule has 1 atom stereocenters. The highest BCUT2D eigenvalue weighted by molar-refractivity contribution is 7.85. The van der Waals surface area contributed by atoms with Crippen molar-refractivity contribution in [3.05, 3.63) is 48.0 Å². The molecule has 0 saturated carbocycles. The molecule has 0 radical (unpaired) electrons. The number of aromatic hydroxyl groups is 1. The largest absolute Gasteiger partial charge is 0.505 e. The van der Waals surface area contributed by atoms with Crippen molar-refractivity contribution in [2.75, 3.05) is 5.32 Å². The molecule has 0 fully saturated rings. The molecule has 3 rings (SSSR count). The summed E-state index contributed by atoms with van der Waals surface area (Å²) in [7, 11) is -4.69. The number of phenols is 1. The standard InChI is InChI=1S/C30H39N3O7S2/c1-3-4-5-6-7-8-9-10-11-12-13-22-14-16-24(17-15-22)32-33-29-27(41(36)37)19-23-18-25(42(38,39)40)20-26(31-21(2)34)28(23)30(29)35/h14-20,35H,3-13H2,1-2H3,(H,31,34)(H,36,37)(H,38,39,40). The fraction of sp³-hybridized carbons (Fsp3) is 0.433. The van der Waals surface area contributed by atoms with Crippen molar-refractivity contribution >= 4 is 54.9 Å². The Hall–Kier alpha value is -3.19. The van der Waals surface area contributed by atoms with Gasteiger partial charge in [0, 0.05) is 12.3 Å². The number of hydrogen-bond donors (Lipinski definition) is 4. The fourth-order valence-electron chi connectivity index (χ4n) is 4.78. The van der Waals surface area contributed by atoms with E-state index in [4.69, 9.17) is 0 Å². The lowest BCUT2D eigenvalue weighted by molar-refractivity contribution is -0.114. The summed E-state index contributed by atoms with van der Waals surface area (Å²) in [5.41, 5.74) is 1.17. The molecule has 0 aromatic heterocycles. The maximum Gasteiger partial charge on any atom is 0.294 e. The zero-order valence-corrected chi connectivity index (χ0v) is 25.6. The number of hydrogen-bond acceptors (Lipinski definition) is 7. The predicted molar refractivity (Wildman–Crippen MR) is 165 cm³/mol. The van der Waals surface area contributed by atoms with Gasteiger partial charge in [-0.2, -0.15) is 13.5 Å². The van der Waals surface area contributed by atoms with Crippen LogP contribution in [0.4, 0.5) is 17.1 Å². The number of carbonyl (C=O) groups is 1. The number of azo groups is 1. The van der Waals surface area contributed by atoms with Crippen molar-refractivity contribution in [1.29, 1.82) is 0 Å². The summed E-state index contributed by atoms with van der Waals surface area (Å²) in [5, 5.41) is 21.6. The normalized spacial score (nSPS) is 12.7. The first-order valence-electron chi connectivity index (χ1n) is 14.2. The highest BCUT2D eigenvalue weighted by atomic mass is 32.2. The fourth-order valence-corrected chi connectivity index (χ4v) is 5.85. The summed E-state index contributed by atoms with van der Waals surface area (Å²) in [4.78, 5) is 10.9. The molecule has 228 valence electrons. The van der Waals surface area contributed by atoms with Crippen molar-refractivity contribution in [3.8, 4) is 5.75 Å². The SMILES string of the molecule is CCCCCCCCCCCCc1ccc(N=Nc2c(S(=O)O)cc3cc(S(=O)(=O)O)cc(NC(C)=O)c3c2O)cc1. The Morgan fingerprint density at radius 2 is 1.50 bits per heavy atom. The van der Waals surface area contributed by atoms with Gasteiger partial charge in [-0.05, 0) is 54.1 Å². The zero-order valence-electron chi connectivity index (χ0n) is 24.0. The molecule has 0 bridgehead atoms. The molecule has 12 heteroatoms. The zero-order chi connectivity index (χ0) is 30.7. The minimum Gasteiger partial charge on any atom is -0.505 e. The molecular formula is C30H39N3O7S2. The highest BCUT2D eigenvalue weighted by Crippen LogP contribution is 2.44. The van der Waals surface area contributed by atoms with Crippen LogP contribution in [0.15, 0.2) is 62.5 Å². The van der Waals surface area contributed by atoms with E-state index < -0.39 is 37.8 Å². The van der Waals surface area contributed by atoms with Gasteiger partial charge in [0.15, 0.2) is 16.8 Å². The van der Waals surface area contributed by atoms with E-state index in [2.05, 4.69) is 22.5 Å². The van der Waals surface area contributed by atoms with Gasteiger partial charge < -0.3 is 15.0 Å². The molecule has 0 aliphatic heterocycles. The van der Waals surface area contributed by atoms with Crippen molar-refractivity contribution in [2.24, 2.45) is 10.2 Å². The second-order valence-corrected chi connectivity index (χ2v) is 12.7. The van der Waals surface area contributed by atoms with E-state index in [9.17, 15) is 31.6 Å². The van der Waals surface area contributed by atoms with E-state index in [0.29, 0.717) is 5.69 Å². The van der Waals surface area contributed by atoms with Gasteiger partial charge in [-0.15, -0.1) is 5.11 Å². The average Bonchev–Trinajstić information content (AvgIpc) is 2.93. The number of aryl methyl sites for hydroxylation is 1. The summed E-state index contributed by atoms with van der Waals surface area (Å²) in [6.45, 7) is 3.41. The number of amides is 1. The van der Waals surface area contributed by atoms with Gasteiger partial charge in [0.2, 0.25) is 5.91 Å². The summed E-state index contributed by atoms with van der Waals surface area (Å²) in [5.74, 6) is -1.16. The number of rotatable bonds is 16. The minimum atomic E-state index is -4.69. The number of fused-ring (bicyclic) bond motifs is 1. The summed E-state index contributed by atoms with van der Waals surface area (Å²) in [6, 6.07) is 10.6. The number of anilines is 1. The van der Waals surface area contributed by atoms with Gasteiger partial charge in [-0.25, -0.2) is 4.21 Å². The smallest absolute Gasteiger partial charge is 0.294 e. The van der Waals surface area contributed by atoms with Crippen LogP contribution in [0.3, 0.4) is 0 Å². The van der Waals surface area contributed by atoms with Gasteiger partial charge in [0.1, 0.15) is 5.69 Å². The van der Waals surface area contributed by atoms with E-state index in [1.54, 1.807) is 12.1 Å². The topological polar surface area (TPSA) is 166 Å². The lowest BCUT2D eigenvalue weighted by atomic mass is 10.0.